The van der Waals surface area contributed by atoms with E-state index in [2.05, 4.69) is 0 Å². The van der Waals surface area contributed by atoms with Crippen LogP contribution in [0.1, 0.15) is 18.3 Å². The SMILES string of the molecule is CCO[P@](=O)(c1ccccc1)[C@@H](O)c1ccccc1. The van der Waals surface area contributed by atoms with Gasteiger partial charge >= 0.3 is 0 Å². The maximum atomic E-state index is 13.0. The van der Waals surface area contributed by atoms with E-state index in [1.807, 2.05) is 12.1 Å². The second-order valence-corrected chi connectivity index (χ2v) is 6.59. The van der Waals surface area contributed by atoms with Gasteiger partial charge in [0.25, 0.3) is 7.37 Å². The molecule has 0 aliphatic rings. The second-order valence-electron chi connectivity index (χ2n) is 4.13. The first-order valence-electron chi connectivity index (χ1n) is 6.21. The van der Waals surface area contributed by atoms with Gasteiger partial charge in [-0.25, -0.2) is 0 Å². The first-order valence-corrected chi connectivity index (χ1v) is 7.90. The van der Waals surface area contributed by atoms with Gasteiger partial charge in [0, 0.05) is 5.30 Å². The highest BCUT2D eigenvalue weighted by Crippen LogP contribution is 2.57. The van der Waals surface area contributed by atoms with E-state index in [4.69, 9.17) is 4.52 Å². The molecule has 2 rings (SSSR count). The highest BCUT2D eigenvalue weighted by Gasteiger charge is 2.35. The van der Waals surface area contributed by atoms with Gasteiger partial charge < -0.3 is 9.63 Å². The summed E-state index contributed by atoms with van der Waals surface area (Å²) >= 11 is 0. The van der Waals surface area contributed by atoms with Crippen molar-refractivity contribution in [1.82, 2.24) is 0 Å². The zero-order valence-electron chi connectivity index (χ0n) is 10.8. The monoisotopic (exact) mass is 276 g/mol. The molecular weight excluding hydrogens is 259 g/mol. The van der Waals surface area contributed by atoms with Crippen LogP contribution in [0.15, 0.2) is 60.7 Å². The number of benzene rings is 2. The Bertz CT molecular complexity index is 554. The van der Waals surface area contributed by atoms with Crippen LogP contribution in [-0.4, -0.2) is 11.7 Å². The summed E-state index contributed by atoms with van der Waals surface area (Å²) in [5.74, 6) is -1.14. The van der Waals surface area contributed by atoms with E-state index in [1.165, 1.54) is 0 Å². The fourth-order valence-corrected chi connectivity index (χ4v) is 4.04. The summed E-state index contributed by atoms with van der Waals surface area (Å²) in [7, 11) is -3.33. The smallest absolute Gasteiger partial charge is 0.264 e. The highest BCUT2D eigenvalue weighted by atomic mass is 31.2. The molecule has 0 aliphatic carbocycles. The van der Waals surface area contributed by atoms with Gasteiger partial charge in [-0.2, -0.15) is 0 Å². The lowest BCUT2D eigenvalue weighted by molar-refractivity contribution is 0.218. The van der Waals surface area contributed by atoms with Gasteiger partial charge in [0.1, 0.15) is 0 Å². The molecule has 2 atom stereocenters. The van der Waals surface area contributed by atoms with Crippen molar-refractivity contribution >= 4 is 12.7 Å². The highest BCUT2D eigenvalue weighted by molar-refractivity contribution is 7.67. The third kappa shape index (κ3) is 2.95. The topological polar surface area (TPSA) is 46.5 Å². The average molecular weight is 276 g/mol. The third-order valence-electron chi connectivity index (χ3n) is 2.86. The minimum atomic E-state index is -3.33. The molecule has 0 unspecified atom stereocenters. The van der Waals surface area contributed by atoms with E-state index in [-0.39, 0.29) is 6.61 Å². The van der Waals surface area contributed by atoms with Crippen LogP contribution < -0.4 is 5.30 Å². The minimum absolute atomic E-state index is 0.288. The number of aliphatic hydroxyl groups is 1. The summed E-state index contributed by atoms with van der Waals surface area (Å²) in [5.41, 5.74) is 0.600. The Morgan fingerprint density at radius 2 is 1.58 bits per heavy atom. The van der Waals surface area contributed by atoms with Crippen LogP contribution in [-0.2, 0) is 9.09 Å². The average Bonchev–Trinajstić information content (AvgIpc) is 2.48. The molecule has 0 bridgehead atoms. The Hall–Kier alpha value is -1.41. The van der Waals surface area contributed by atoms with E-state index in [0.29, 0.717) is 10.9 Å². The van der Waals surface area contributed by atoms with Crippen molar-refractivity contribution < 1.29 is 14.2 Å². The summed E-state index contributed by atoms with van der Waals surface area (Å²) in [4.78, 5) is 0. The first-order chi connectivity index (χ1) is 9.18. The van der Waals surface area contributed by atoms with E-state index in [0.717, 1.165) is 0 Å². The lowest BCUT2D eigenvalue weighted by Crippen LogP contribution is -2.14. The van der Waals surface area contributed by atoms with Gasteiger partial charge in [0.15, 0.2) is 5.85 Å². The van der Waals surface area contributed by atoms with E-state index in [9.17, 15) is 9.67 Å². The minimum Gasteiger partial charge on any atom is -0.378 e. The van der Waals surface area contributed by atoms with Gasteiger partial charge in [-0.15, -0.1) is 0 Å². The Morgan fingerprint density at radius 3 is 2.11 bits per heavy atom. The molecular formula is C15H17O3P. The zero-order chi connectivity index (χ0) is 13.7. The largest absolute Gasteiger partial charge is 0.378 e. The lowest BCUT2D eigenvalue weighted by Gasteiger charge is -2.23. The Morgan fingerprint density at radius 1 is 1.05 bits per heavy atom. The summed E-state index contributed by atoms with van der Waals surface area (Å²) < 4.78 is 18.5. The number of hydrogen-bond donors (Lipinski definition) is 1. The lowest BCUT2D eigenvalue weighted by atomic mass is 10.2. The summed E-state index contributed by atoms with van der Waals surface area (Å²) in [6.45, 7) is 2.06. The Balaban J connectivity index is 2.43. The number of rotatable bonds is 5. The zero-order valence-corrected chi connectivity index (χ0v) is 11.7. The van der Waals surface area contributed by atoms with Gasteiger partial charge in [-0.3, -0.25) is 4.57 Å². The Kier molecular flexibility index (Phi) is 4.54. The van der Waals surface area contributed by atoms with Gasteiger partial charge in [-0.05, 0) is 24.6 Å². The summed E-state index contributed by atoms with van der Waals surface area (Å²) in [6, 6.07) is 17.8. The van der Waals surface area contributed by atoms with Crippen molar-refractivity contribution in [3.8, 4) is 0 Å². The molecule has 2 aromatic rings. The Labute approximate surface area is 113 Å². The van der Waals surface area contributed by atoms with Crippen molar-refractivity contribution in [2.24, 2.45) is 0 Å². The maximum Gasteiger partial charge on any atom is 0.264 e. The molecule has 19 heavy (non-hydrogen) atoms. The second kappa shape index (κ2) is 6.16. The standard InChI is InChI=1S/C15H17O3P/c1-2-18-19(17,14-11-7-4-8-12-14)15(16)13-9-5-3-6-10-13/h3-12,15-16H,2H2,1H3/t15-,19-/m1/s1. The number of hydrogen-bond acceptors (Lipinski definition) is 3. The van der Waals surface area contributed by atoms with Crippen LogP contribution in [0.5, 0.6) is 0 Å². The molecule has 0 aliphatic heterocycles. The summed E-state index contributed by atoms with van der Waals surface area (Å²) in [6.07, 6.45) is 0. The van der Waals surface area contributed by atoms with Crippen LogP contribution in [0, 0.1) is 0 Å². The molecule has 0 heterocycles. The molecule has 0 radical (unpaired) electrons. The van der Waals surface area contributed by atoms with Crippen LogP contribution in [0.3, 0.4) is 0 Å². The molecule has 0 saturated carbocycles. The molecule has 0 amide bonds. The van der Waals surface area contributed by atoms with E-state index < -0.39 is 13.2 Å². The predicted molar refractivity (Wildman–Crippen MR) is 76.7 cm³/mol. The van der Waals surface area contributed by atoms with Crippen molar-refractivity contribution in [2.45, 2.75) is 12.8 Å². The molecule has 4 heteroatoms. The molecule has 2 aromatic carbocycles. The quantitative estimate of drug-likeness (QED) is 0.852. The van der Waals surface area contributed by atoms with Gasteiger partial charge in [-0.1, -0.05) is 48.5 Å². The third-order valence-corrected chi connectivity index (χ3v) is 5.46. The molecule has 0 saturated heterocycles. The van der Waals surface area contributed by atoms with Crippen LogP contribution in [0.25, 0.3) is 0 Å². The molecule has 1 N–H and O–H groups in total. The molecule has 0 fully saturated rings. The van der Waals surface area contributed by atoms with Crippen LogP contribution >= 0.6 is 7.37 Å². The van der Waals surface area contributed by atoms with Crippen molar-refractivity contribution in [2.75, 3.05) is 6.61 Å². The normalized spacial score (nSPS) is 15.7. The first kappa shape index (κ1) is 14.0. The summed E-state index contributed by atoms with van der Waals surface area (Å²) in [5, 5.41) is 11.0. The molecule has 0 aromatic heterocycles. The predicted octanol–water partition coefficient (Wildman–Crippen LogP) is 3.32. The van der Waals surface area contributed by atoms with Crippen LogP contribution in [0.2, 0.25) is 0 Å². The molecule has 3 nitrogen and oxygen atoms in total. The maximum absolute atomic E-state index is 13.0. The number of aliphatic hydroxyl groups excluding tert-OH is 1. The fourth-order valence-electron chi connectivity index (χ4n) is 1.94. The van der Waals surface area contributed by atoms with Crippen molar-refractivity contribution in [3.63, 3.8) is 0 Å². The molecule has 100 valence electrons. The molecule has 0 spiro atoms. The van der Waals surface area contributed by atoms with Crippen molar-refractivity contribution in [3.05, 3.63) is 66.2 Å². The van der Waals surface area contributed by atoms with Crippen molar-refractivity contribution in [1.29, 1.82) is 0 Å². The van der Waals surface area contributed by atoms with Crippen LogP contribution in [0.4, 0.5) is 0 Å². The van der Waals surface area contributed by atoms with E-state index in [1.54, 1.807) is 55.5 Å². The fraction of sp³-hybridized carbons (Fsp3) is 0.200. The van der Waals surface area contributed by atoms with Gasteiger partial charge in [0.2, 0.25) is 0 Å². The van der Waals surface area contributed by atoms with Gasteiger partial charge in [0.05, 0.1) is 6.61 Å². The van der Waals surface area contributed by atoms with E-state index >= 15 is 0 Å².